The molecule has 1 fully saturated rings. The highest BCUT2D eigenvalue weighted by molar-refractivity contribution is 5.45. The number of ether oxygens (including phenoxy) is 3. The molecule has 4 heteroatoms. The molecule has 2 heterocycles. The summed E-state index contributed by atoms with van der Waals surface area (Å²) in [7, 11) is 0. The van der Waals surface area contributed by atoms with Crippen molar-refractivity contribution in [1.29, 1.82) is 0 Å². The summed E-state index contributed by atoms with van der Waals surface area (Å²) in [6, 6.07) is 5.87. The van der Waals surface area contributed by atoms with Gasteiger partial charge in [0, 0.05) is 18.1 Å². The highest BCUT2D eigenvalue weighted by Gasteiger charge is 2.47. The molecule has 2 aliphatic heterocycles. The molecule has 2 unspecified atom stereocenters. The smallest absolute Gasteiger partial charge is 0.130 e. The molecule has 0 saturated carbocycles. The van der Waals surface area contributed by atoms with Gasteiger partial charge in [0.1, 0.15) is 29.8 Å². The molecule has 0 radical (unpaired) electrons. The molecule has 20 heavy (non-hydrogen) atoms. The Morgan fingerprint density at radius 2 is 2.00 bits per heavy atom. The second kappa shape index (κ2) is 4.37. The van der Waals surface area contributed by atoms with Crippen LogP contribution in [0.25, 0.3) is 0 Å². The third-order valence-corrected chi connectivity index (χ3v) is 4.07. The van der Waals surface area contributed by atoms with E-state index in [1.807, 2.05) is 18.2 Å². The lowest BCUT2D eigenvalue weighted by Crippen LogP contribution is -2.36. The Morgan fingerprint density at radius 3 is 2.65 bits per heavy atom. The fraction of sp³-hybridized carbons (Fsp3) is 0.625. The highest BCUT2D eigenvalue weighted by atomic mass is 16.6. The van der Waals surface area contributed by atoms with E-state index in [0.717, 1.165) is 23.5 Å². The van der Waals surface area contributed by atoms with Gasteiger partial charge in [-0.15, -0.1) is 0 Å². The summed E-state index contributed by atoms with van der Waals surface area (Å²) in [5.41, 5.74) is 6.57. The van der Waals surface area contributed by atoms with E-state index in [0.29, 0.717) is 6.61 Å². The Kier molecular flexibility index (Phi) is 2.99. The average Bonchev–Trinajstić information content (AvgIpc) is 2.77. The van der Waals surface area contributed by atoms with E-state index in [9.17, 15) is 0 Å². The van der Waals surface area contributed by atoms with Crippen molar-refractivity contribution in [3.63, 3.8) is 0 Å². The van der Waals surface area contributed by atoms with Gasteiger partial charge >= 0.3 is 0 Å². The van der Waals surface area contributed by atoms with E-state index in [2.05, 4.69) is 27.7 Å². The minimum Gasteiger partial charge on any atom is -0.491 e. The van der Waals surface area contributed by atoms with Gasteiger partial charge in [-0.1, -0.05) is 0 Å². The zero-order chi connectivity index (χ0) is 14.5. The number of hydrogen-bond acceptors (Lipinski definition) is 4. The molecule has 110 valence electrons. The quantitative estimate of drug-likeness (QED) is 0.903. The van der Waals surface area contributed by atoms with E-state index in [1.54, 1.807) is 0 Å². The fourth-order valence-corrected chi connectivity index (χ4v) is 3.15. The Balaban J connectivity index is 1.79. The van der Waals surface area contributed by atoms with Crippen LogP contribution < -0.4 is 15.2 Å². The molecule has 0 spiro atoms. The van der Waals surface area contributed by atoms with Crippen LogP contribution in [0.15, 0.2) is 18.2 Å². The van der Waals surface area contributed by atoms with Gasteiger partial charge in [-0.05, 0) is 39.8 Å². The number of fused-ring (bicyclic) bond motifs is 1. The van der Waals surface area contributed by atoms with Crippen LogP contribution in [0.1, 0.15) is 45.7 Å². The normalized spacial score (nSPS) is 29.9. The second-order valence-electron chi connectivity index (χ2n) is 6.89. The van der Waals surface area contributed by atoms with Gasteiger partial charge in [0.15, 0.2) is 0 Å². The summed E-state index contributed by atoms with van der Waals surface area (Å²) in [5.74, 6) is 1.66. The zero-order valence-electron chi connectivity index (χ0n) is 12.6. The molecule has 2 N–H and O–H groups in total. The second-order valence-corrected chi connectivity index (χ2v) is 6.89. The lowest BCUT2D eigenvalue weighted by molar-refractivity contribution is -0.0846. The first-order valence-electron chi connectivity index (χ1n) is 7.16. The van der Waals surface area contributed by atoms with Gasteiger partial charge in [-0.25, -0.2) is 0 Å². The number of nitrogens with two attached hydrogens (primary N) is 1. The van der Waals surface area contributed by atoms with Crippen molar-refractivity contribution in [2.75, 3.05) is 6.61 Å². The Bertz CT molecular complexity index is 524. The number of benzene rings is 1. The van der Waals surface area contributed by atoms with Crippen LogP contribution in [0.5, 0.6) is 11.5 Å². The van der Waals surface area contributed by atoms with Crippen LogP contribution in [0.3, 0.4) is 0 Å². The molecule has 0 bridgehead atoms. The lowest BCUT2D eigenvalue weighted by atomic mass is 9.97. The van der Waals surface area contributed by atoms with Crippen LogP contribution in [0.2, 0.25) is 0 Å². The average molecular weight is 277 g/mol. The first-order valence-corrected chi connectivity index (χ1v) is 7.16. The molecule has 4 nitrogen and oxygen atoms in total. The maximum atomic E-state index is 6.14. The summed E-state index contributed by atoms with van der Waals surface area (Å²) in [5, 5.41) is 0. The van der Waals surface area contributed by atoms with E-state index in [-0.39, 0.29) is 23.3 Å². The van der Waals surface area contributed by atoms with E-state index < -0.39 is 0 Å². The molecule has 1 saturated heterocycles. The van der Waals surface area contributed by atoms with Crippen molar-refractivity contribution in [2.45, 2.75) is 57.5 Å². The number of hydrogen-bond donors (Lipinski definition) is 1. The van der Waals surface area contributed by atoms with Crippen molar-refractivity contribution in [2.24, 2.45) is 5.73 Å². The van der Waals surface area contributed by atoms with Crippen molar-refractivity contribution in [3.05, 3.63) is 23.8 Å². The minimum absolute atomic E-state index is 0.0239. The molecule has 2 aliphatic rings. The first kappa shape index (κ1) is 13.7. The van der Waals surface area contributed by atoms with Gasteiger partial charge in [-0.3, -0.25) is 0 Å². The zero-order valence-corrected chi connectivity index (χ0v) is 12.6. The highest BCUT2D eigenvalue weighted by Crippen LogP contribution is 2.41. The molecule has 0 aliphatic carbocycles. The molecular weight excluding hydrogens is 254 g/mol. The van der Waals surface area contributed by atoms with Crippen molar-refractivity contribution >= 4 is 0 Å². The summed E-state index contributed by atoms with van der Waals surface area (Å²) in [6.45, 7) is 8.90. The van der Waals surface area contributed by atoms with Gasteiger partial charge in [0.25, 0.3) is 0 Å². The van der Waals surface area contributed by atoms with Crippen LogP contribution >= 0.6 is 0 Å². The summed E-state index contributed by atoms with van der Waals surface area (Å²) >= 11 is 0. The standard InChI is InChI=1S/C16H23NO3/c1-15(2)8-14(16(3,4)20-15)19-10-5-6-11-12(17)9-18-13(11)7-10/h5-7,12,14H,8-9,17H2,1-4H3. The molecule has 0 amide bonds. The van der Waals surface area contributed by atoms with E-state index in [1.165, 1.54) is 0 Å². The first-order chi connectivity index (χ1) is 9.27. The fourth-order valence-electron chi connectivity index (χ4n) is 3.15. The Labute approximate surface area is 120 Å². The van der Waals surface area contributed by atoms with E-state index in [4.69, 9.17) is 19.9 Å². The predicted octanol–water partition coefficient (Wildman–Crippen LogP) is 2.80. The Hall–Kier alpha value is -1.26. The van der Waals surface area contributed by atoms with Crippen molar-refractivity contribution in [3.8, 4) is 11.5 Å². The van der Waals surface area contributed by atoms with Gasteiger partial charge in [0.05, 0.1) is 11.6 Å². The molecule has 3 rings (SSSR count). The van der Waals surface area contributed by atoms with Crippen molar-refractivity contribution in [1.82, 2.24) is 0 Å². The van der Waals surface area contributed by atoms with Gasteiger partial charge in [0.2, 0.25) is 0 Å². The summed E-state index contributed by atoms with van der Waals surface area (Å²) in [4.78, 5) is 0. The summed E-state index contributed by atoms with van der Waals surface area (Å²) < 4.78 is 17.8. The summed E-state index contributed by atoms with van der Waals surface area (Å²) in [6.07, 6.45) is 0.905. The van der Waals surface area contributed by atoms with Crippen molar-refractivity contribution < 1.29 is 14.2 Å². The van der Waals surface area contributed by atoms with Crippen LogP contribution in [-0.2, 0) is 4.74 Å². The maximum absolute atomic E-state index is 6.14. The monoisotopic (exact) mass is 277 g/mol. The third kappa shape index (κ3) is 2.38. The van der Waals surface area contributed by atoms with Crippen LogP contribution in [0.4, 0.5) is 0 Å². The lowest BCUT2D eigenvalue weighted by Gasteiger charge is -2.27. The van der Waals surface area contributed by atoms with Crippen LogP contribution in [0, 0.1) is 0 Å². The van der Waals surface area contributed by atoms with Gasteiger partial charge in [-0.2, -0.15) is 0 Å². The molecule has 0 aromatic heterocycles. The van der Waals surface area contributed by atoms with E-state index >= 15 is 0 Å². The maximum Gasteiger partial charge on any atom is 0.130 e. The number of rotatable bonds is 2. The van der Waals surface area contributed by atoms with Gasteiger partial charge < -0.3 is 19.9 Å². The molecule has 1 aromatic carbocycles. The van der Waals surface area contributed by atoms with Crippen LogP contribution in [-0.4, -0.2) is 23.9 Å². The molecular formula is C16H23NO3. The Morgan fingerprint density at radius 1 is 1.25 bits per heavy atom. The SMILES string of the molecule is CC1(C)CC(Oc2ccc3c(c2)OCC3N)C(C)(C)O1. The molecule has 1 aromatic rings. The molecule has 2 atom stereocenters. The third-order valence-electron chi connectivity index (χ3n) is 4.07. The largest absolute Gasteiger partial charge is 0.491 e. The topological polar surface area (TPSA) is 53.7 Å². The minimum atomic E-state index is -0.292. The predicted molar refractivity (Wildman–Crippen MR) is 77.1 cm³/mol.